The highest BCUT2D eigenvalue weighted by Gasteiger charge is 2.34. The molecule has 0 saturated carbocycles. The highest BCUT2D eigenvalue weighted by Crippen LogP contribution is 2.34. The summed E-state index contributed by atoms with van der Waals surface area (Å²) in [5.74, 6) is 0.369. The molecule has 186 valence electrons. The molecular formula is C27H27FN4O4. The Morgan fingerprint density at radius 2 is 1.72 bits per heavy atom. The molecule has 0 fully saturated rings. The lowest BCUT2D eigenvalue weighted by molar-refractivity contribution is -0.133. The van der Waals surface area contributed by atoms with Crippen molar-refractivity contribution in [2.24, 2.45) is 5.10 Å². The zero-order valence-corrected chi connectivity index (χ0v) is 20.3. The number of anilines is 1. The smallest absolute Gasteiger partial charge is 0.322 e. The van der Waals surface area contributed by atoms with Gasteiger partial charge in [-0.1, -0.05) is 42.5 Å². The number of hydrazone groups is 1. The molecule has 1 aliphatic heterocycles. The van der Waals surface area contributed by atoms with Crippen LogP contribution < -0.4 is 14.8 Å². The first kappa shape index (κ1) is 24.7. The number of methoxy groups -OCH3 is 2. The van der Waals surface area contributed by atoms with Gasteiger partial charge in [-0.2, -0.15) is 5.10 Å². The summed E-state index contributed by atoms with van der Waals surface area (Å²) in [5.41, 5.74) is 2.11. The number of hydrogen-bond acceptors (Lipinski definition) is 5. The zero-order chi connectivity index (χ0) is 25.7. The molecule has 1 N–H and O–H groups in total. The second-order valence-corrected chi connectivity index (χ2v) is 8.24. The lowest BCUT2D eigenvalue weighted by atomic mass is 9.98. The van der Waals surface area contributed by atoms with E-state index in [0.717, 1.165) is 5.56 Å². The number of nitrogens with one attached hydrogen (secondary N) is 1. The van der Waals surface area contributed by atoms with Crippen molar-refractivity contribution in [1.29, 1.82) is 0 Å². The zero-order valence-electron chi connectivity index (χ0n) is 20.3. The molecule has 1 heterocycles. The predicted octanol–water partition coefficient (Wildman–Crippen LogP) is 4.68. The fraction of sp³-hybridized carbons (Fsp3) is 0.222. The molecule has 1 atom stereocenters. The van der Waals surface area contributed by atoms with E-state index in [2.05, 4.69) is 10.4 Å². The molecule has 1 aliphatic rings. The summed E-state index contributed by atoms with van der Waals surface area (Å²) in [4.78, 5) is 27.4. The first-order chi connectivity index (χ1) is 17.4. The number of benzene rings is 3. The van der Waals surface area contributed by atoms with Gasteiger partial charge in [0.15, 0.2) is 0 Å². The Kier molecular flexibility index (Phi) is 7.48. The van der Waals surface area contributed by atoms with Gasteiger partial charge in [0, 0.05) is 19.0 Å². The molecule has 0 radical (unpaired) electrons. The third kappa shape index (κ3) is 5.30. The van der Waals surface area contributed by atoms with E-state index >= 15 is 0 Å². The van der Waals surface area contributed by atoms with Gasteiger partial charge >= 0.3 is 6.03 Å². The van der Waals surface area contributed by atoms with E-state index in [9.17, 15) is 14.0 Å². The maximum absolute atomic E-state index is 14.5. The van der Waals surface area contributed by atoms with Crippen LogP contribution in [0.15, 0.2) is 77.9 Å². The maximum atomic E-state index is 14.5. The number of carbonyl (C=O) groups is 2. The van der Waals surface area contributed by atoms with E-state index in [4.69, 9.17) is 9.47 Å². The van der Waals surface area contributed by atoms with Crippen molar-refractivity contribution in [1.82, 2.24) is 9.91 Å². The molecule has 3 aromatic rings. The Labute approximate surface area is 208 Å². The van der Waals surface area contributed by atoms with Crippen molar-refractivity contribution < 1.29 is 23.5 Å². The number of amides is 3. The molecular weight excluding hydrogens is 463 g/mol. The van der Waals surface area contributed by atoms with Crippen molar-refractivity contribution in [2.75, 3.05) is 33.1 Å². The first-order valence-electron chi connectivity index (χ1n) is 11.3. The van der Waals surface area contributed by atoms with Crippen molar-refractivity contribution in [3.8, 4) is 11.5 Å². The minimum atomic E-state index is -0.480. The van der Waals surface area contributed by atoms with E-state index in [1.807, 2.05) is 12.1 Å². The van der Waals surface area contributed by atoms with Crippen LogP contribution in [0.1, 0.15) is 23.6 Å². The Morgan fingerprint density at radius 3 is 2.42 bits per heavy atom. The second kappa shape index (κ2) is 10.9. The molecule has 36 heavy (non-hydrogen) atoms. The molecule has 0 aliphatic carbocycles. The Hall–Kier alpha value is -4.40. The predicted molar refractivity (Wildman–Crippen MR) is 135 cm³/mol. The second-order valence-electron chi connectivity index (χ2n) is 8.24. The van der Waals surface area contributed by atoms with Crippen LogP contribution in [0.25, 0.3) is 0 Å². The molecule has 1 unspecified atom stereocenters. The summed E-state index contributed by atoms with van der Waals surface area (Å²) in [7, 11) is 4.60. The van der Waals surface area contributed by atoms with E-state index in [1.54, 1.807) is 61.7 Å². The number of likely N-dealkylation sites (N-methyl/N-ethyl adjacent to an activating group) is 1. The lowest BCUT2D eigenvalue weighted by Gasteiger charge is -2.25. The number of urea groups is 1. The van der Waals surface area contributed by atoms with Gasteiger partial charge in [0.25, 0.3) is 5.91 Å². The summed E-state index contributed by atoms with van der Waals surface area (Å²) >= 11 is 0. The highest BCUT2D eigenvalue weighted by molar-refractivity contribution is 6.03. The van der Waals surface area contributed by atoms with E-state index < -0.39 is 23.8 Å². The minimum Gasteiger partial charge on any atom is -0.497 e. The van der Waals surface area contributed by atoms with Gasteiger partial charge in [-0.15, -0.1) is 0 Å². The standard InChI is InChI=1S/C27H27FN4O4/c1-31(27(34)29-22-10-6-7-11-25(22)36-3)17-26(33)32-24(18-12-14-19(35-2)15-13-18)16-23(30-32)20-8-4-5-9-21(20)28/h4-15,24H,16-17H2,1-3H3,(H,29,34). The van der Waals surface area contributed by atoms with E-state index in [0.29, 0.717) is 34.9 Å². The SMILES string of the molecule is COc1ccc(C2CC(c3ccccc3F)=NN2C(=O)CN(C)C(=O)Nc2ccccc2OC)cc1. The Balaban J connectivity index is 1.55. The van der Waals surface area contributed by atoms with Gasteiger partial charge in [-0.25, -0.2) is 14.2 Å². The summed E-state index contributed by atoms with van der Waals surface area (Å²) in [5, 5.41) is 8.57. The largest absolute Gasteiger partial charge is 0.497 e. The average molecular weight is 491 g/mol. The van der Waals surface area contributed by atoms with Crippen molar-refractivity contribution in [3.63, 3.8) is 0 Å². The monoisotopic (exact) mass is 490 g/mol. The fourth-order valence-electron chi connectivity index (χ4n) is 3.99. The first-order valence-corrected chi connectivity index (χ1v) is 11.3. The number of carbonyl (C=O) groups excluding carboxylic acids is 2. The van der Waals surface area contributed by atoms with Crippen molar-refractivity contribution in [2.45, 2.75) is 12.5 Å². The summed E-state index contributed by atoms with van der Waals surface area (Å²) in [6, 6.07) is 19.7. The number of hydrogen-bond donors (Lipinski definition) is 1. The summed E-state index contributed by atoms with van der Waals surface area (Å²) in [6.07, 6.45) is 0.329. The molecule has 0 bridgehead atoms. The summed E-state index contributed by atoms with van der Waals surface area (Å²) in [6.45, 7) is -0.234. The maximum Gasteiger partial charge on any atom is 0.322 e. The quantitative estimate of drug-likeness (QED) is 0.521. The van der Waals surface area contributed by atoms with Gasteiger partial charge in [0.2, 0.25) is 0 Å². The number of rotatable bonds is 7. The molecule has 9 heteroatoms. The minimum absolute atomic E-state index is 0.234. The Morgan fingerprint density at radius 1 is 1.03 bits per heavy atom. The normalized spacial score (nSPS) is 14.7. The van der Waals surface area contributed by atoms with Crippen LogP contribution >= 0.6 is 0 Å². The molecule has 0 spiro atoms. The van der Waals surface area contributed by atoms with Crippen LogP contribution in [0.5, 0.6) is 11.5 Å². The van der Waals surface area contributed by atoms with Crippen molar-refractivity contribution in [3.05, 3.63) is 89.7 Å². The van der Waals surface area contributed by atoms with Gasteiger partial charge in [0.1, 0.15) is 23.9 Å². The van der Waals surface area contributed by atoms with Crippen LogP contribution in [-0.2, 0) is 4.79 Å². The van der Waals surface area contributed by atoms with Gasteiger partial charge < -0.3 is 19.7 Å². The molecule has 3 amide bonds. The third-order valence-electron chi connectivity index (χ3n) is 5.92. The highest BCUT2D eigenvalue weighted by atomic mass is 19.1. The number of ether oxygens (including phenoxy) is 2. The molecule has 0 aromatic heterocycles. The molecule has 0 saturated heterocycles. The number of para-hydroxylation sites is 2. The third-order valence-corrected chi connectivity index (χ3v) is 5.92. The fourth-order valence-corrected chi connectivity index (χ4v) is 3.99. The van der Waals surface area contributed by atoms with Gasteiger partial charge in [-0.05, 0) is 35.9 Å². The molecule has 4 rings (SSSR count). The average Bonchev–Trinajstić information content (AvgIpc) is 3.34. The van der Waals surface area contributed by atoms with Gasteiger partial charge in [0.05, 0.1) is 31.7 Å². The topological polar surface area (TPSA) is 83.5 Å². The van der Waals surface area contributed by atoms with E-state index in [1.165, 1.54) is 30.1 Å². The van der Waals surface area contributed by atoms with E-state index in [-0.39, 0.29) is 6.54 Å². The van der Waals surface area contributed by atoms with Crippen LogP contribution in [-0.4, -0.2) is 55.4 Å². The molecule has 8 nitrogen and oxygen atoms in total. The van der Waals surface area contributed by atoms with Crippen molar-refractivity contribution >= 4 is 23.3 Å². The van der Waals surface area contributed by atoms with Crippen LogP contribution in [0.4, 0.5) is 14.9 Å². The molecule has 3 aromatic carbocycles. The summed E-state index contributed by atoms with van der Waals surface area (Å²) < 4.78 is 25.0. The van der Waals surface area contributed by atoms with Crippen LogP contribution in [0, 0.1) is 5.82 Å². The number of nitrogens with zero attached hydrogens (tertiary/aromatic N) is 3. The lowest BCUT2D eigenvalue weighted by Crippen LogP contribution is -2.41. The van der Waals surface area contributed by atoms with Crippen LogP contribution in [0.2, 0.25) is 0 Å². The Bertz CT molecular complexity index is 1280. The van der Waals surface area contributed by atoms with Crippen LogP contribution in [0.3, 0.4) is 0 Å². The number of halogens is 1. The van der Waals surface area contributed by atoms with Gasteiger partial charge in [-0.3, -0.25) is 4.79 Å².